The molecular formula is C26H30ClN3O4. The lowest BCUT2D eigenvalue weighted by Crippen LogP contribution is -2.30. The number of carbonyl (C=O) groups is 1. The number of hydrogen-bond acceptors (Lipinski definition) is 5. The first kappa shape index (κ1) is 24.0. The molecule has 2 aromatic carbocycles. The molecule has 3 aromatic rings. The van der Waals surface area contributed by atoms with Gasteiger partial charge in [0.15, 0.2) is 11.5 Å². The van der Waals surface area contributed by atoms with E-state index in [4.69, 9.17) is 21.1 Å². The Bertz CT molecular complexity index is 1180. The molecule has 0 spiro atoms. The van der Waals surface area contributed by atoms with Crippen LogP contribution in [0.4, 0.5) is 0 Å². The number of fused-ring (bicyclic) bond motifs is 1. The molecule has 0 aliphatic carbocycles. The van der Waals surface area contributed by atoms with E-state index in [1.807, 2.05) is 30.0 Å². The number of rotatable bonds is 10. The third-order valence-corrected chi connectivity index (χ3v) is 6.11. The van der Waals surface area contributed by atoms with E-state index >= 15 is 0 Å². The number of aromatic nitrogens is 2. The van der Waals surface area contributed by atoms with Crippen molar-refractivity contribution in [3.05, 3.63) is 58.2 Å². The summed E-state index contributed by atoms with van der Waals surface area (Å²) in [7, 11) is 0. The standard InChI is InChI=1S/C26H30ClN3O4/c1-4-7-12-30-25(16-8-11-20(34-13-5-2)21(14-16)33-6-3)22-23(28-29-24(22)26(30)32)18-15-17(27)9-10-19(18)31/h8-11,14-15,25,31H,4-7,12-13H2,1-3H3,(H,28,29). The second kappa shape index (κ2) is 10.4. The first-order valence-electron chi connectivity index (χ1n) is 11.8. The number of nitrogens with zero attached hydrogens (tertiary/aromatic N) is 2. The normalized spacial score (nSPS) is 15.0. The van der Waals surface area contributed by atoms with Gasteiger partial charge in [-0.05, 0) is 55.7 Å². The van der Waals surface area contributed by atoms with E-state index in [9.17, 15) is 9.90 Å². The Balaban J connectivity index is 1.86. The molecule has 2 heterocycles. The van der Waals surface area contributed by atoms with Crippen LogP contribution in [0.15, 0.2) is 36.4 Å². The van der Waals surface area contributed by atoms with Crippen LogP contribution in [-0.4, -0.2) is 45.9 Å². The van der Waals surface area contributed by atoms with Crippen molar-refractivity contribution in [2.24, 2.45) is 0 Å². The van der Waals surface area contributed by atoms with Crippen molar-refractivity contribution in [3.8, 4) is 28.5 Å². The van der Waals surface area contributed by atoms with Crippen LogP contribution >= 0.6 is 11.6 Å². The van der Waals surface area contributed by atoms with Crippen molar-refractivity contribution >= 4 is 17.5 Å². The van der Waals surface area contributed by atoms with Gasteiger partial charge in [-0.2, -0.15) is 5.10 Å². The van der Waals surface area contributed by atoms with Gasteiger partial charge >= 0.3 is 0 Å². The number of phenolic OH excluding ortho intramolecular Hbond substituents is 1. The van der Waals surface area contributed by atoms with Gasteiger partial charge in [-0.25, -0.2) is 0 Å². The molecular weight excluding hydrogens is 454 g/mol. The zero-order valence-electron chi connectivity index (χ0n) is 19.7. The Morgan fingerprint density at radius 1 is 1.09 bits per heavy atom. The van der Waals surface area contributed by atoms with Crippen LogP contribution in [0.3, 0.4) is 0 Å². The van der Waals surface area contributed by atoms with Gasteiger partial charge < -0.3 is 19.5 Å². The van der Waals surface area contributed by atoms with E-state index in [2.05, 4.69) is 24.0 Å². The molecule has 8 heteroatoms. The van der Waals surface area contributed by atoms with E-state index in [0.29, 0.717) is 53.2 Å². The number of ether oxygens (including phenoxy) is 2. The number of nitrogens with one attached hydrogen (secondary N) is 1. The fourth-order valence-corrected chi connectivity index (χ4v) is 4.47. The van der Waals surface area contributed by atoms with Crippen molar-refractivity contribution in [1.82, 2.24) is 15.1 Å². The fourth-order valence-electron chi connectivity index (χ4n) is 4.30. The Labute approximate surface area is 204 Å². The molecule has 1 unspecified atom stereocenters. The number of unbranched alkanes of at least 4 members (excludes halogenated alkanes) is 1. The summed E-state index contributed by atoms with van der Waals surface area (Å²) in [6, 6.07) is 10.2. The highest BCUT2D eigenvalue weighted by Gasteiger charge is 2.42. The second-order valence-corrected chi connectivity index (χ2v) is 8.70. The molecule has 0 saturated carbocycles. The van der Waals surface area contributed by atoms with Gasteiger partial charge in [0.05, 0.1) is 19.3 Å². The smallest absolute Gasteiger partial charge is 0.273 e. The Morgan fingerprint density at radius 3 is 2.65 bits per heavy atom. The maximum absolute atomic E-state index is 13.4. The zero-order valence-corrected chi connectivity index (χ0v) is 20.5. The molecule has 180 valence electrons. The van der Waals surface area contributed by atoms with Crippen molar-refractivity contribution in [2.45, 2.75) is 46.1 Å². The number of aromatic amines is 1. The first-order chi connectivity index (χ1) is 16.5. The van der Waals surface area contributed by atoms with E-state index in [1.165, 1.54) is 6.07 Å². The summed E-state index contributed by atoms with van der Waals surface area (Å²) in [5.41, 5.74) is 3.03. The van der Waals surface area contributed by atoms with Crippen molar-refractivity contribution in [2.75, 3.05) is 19.8 Å². The summed E-state index contributed by atoms with van der Waals surface area (Å²) in [6.07, 6.45) is 2.71. The van der Waals surface area contributed by atoms with Crippen molar-refractivity contribution in [3.63, 3.8) is 0 Å². The van der Waals surface area contributed by atoms with Gasteiger partial charge in [0.25, 0.3) is 5.91 Å². The van der Waals surface area contributed by atoms with Gasteiger partial charge in [-0.3, -0.25) is 9.89 Å². The minimum atomic E-state index is -0.388. The second-order valence-electron chi connectivity index (χ2n) is 8.26. The van der Waals surface area contributed by atoms with E-state index in [-0.39, 0.29) is 17.7 Å². The highest BCUT2D eigenvalue weighted by Crippen LogP contribution is 2.46. The molecule has 0 fully saturated rings. The lowest BCUT2D eigenvalue weighted by Gasteiger charge is -2.27. The number of aromatic hydroxyl groups is 1. The quantitative estimate of drug-likeness (QED) is 0.371. The molecule has 7 nitrogen and oxygen atoms in total. The predicted molar refractivity (Wildman–Crippen MR) is 132 cm³/mol. The lowest BCUT2D eigenvalue weighted by molar-refractivity contribution is 0.0741. The highest BCUT2D eigenvalue weighted by molar-refractivity contribution is 6.31. The molecule has 0 saturated heterocycles. The molecule has 34 heavy (non-hydrogen) atoms. The fraction of sp³-hybridized carbons (Fsp3) is 0.385. The number of hydrogen-bond donors (Lipinski definition) is 2. The highest BCUT2D eigenvalue weighted by atomic mass is 35.5. The van der Waals surface area contributed by atoms with Crippen molar-refractivity contribution < 1.29 is 19.4 Å². The molecule has 1 atom stereocenters. The van der Waals surface area contributed by atoms with Gasteiger partial charge in [0.2, 0.25) is 0 Å². The summed E-state index contributed by atoms with van der Waals surface area (Å²) in [5, 5.41) is 18.4. The molecule has 4 rings (SSSR count). The molecule has 2 N–H and O–H groups in total. The number of halogens is 1. The summed E-state index contributed by atoms with van der Waals surface area (Å²) in [5.74, 6) is 1.26. The maximum Gasteiger partial charge on any atom is 0.273 e. The van der Waals surface area contributed by atoms with Crippen LogP contribution in [0.1, 0.15) is 67.7 Å². The summed E-state index contributed by atoms with van der Waals surface area (Å²) in [4.78, 5) is 15.3. The Morgan fingerprint density at radius 2 is 1.91 bits per heavy atom. The number of carbonyl (C=O) groups excluding carboxylic acids is 1. The number of phenols is 1. The van der Waals surface area contributed by atoms with Crippen LogP contribution in [0.5, 0.6) is 17.2 Å². The molecule has 1 amide bonds. The third kappa shape index (κ3) is 4.44. The number of amides is 1. The van der Waals surface area contributed by atoms with Crippen LogP contribution < -0.4 is 9.47 Å². The SMILES string of the molecule is CCCCN1C(=O)c2[nH]nc(-c3cc(Cl)ccc3O)c2C1c1ccc(OCCC)c(OCC)c1. The average molecular weight is 484 g/mol. The minimum Gasteiger partial charge on any atom is -0.507 e. The average Bonchev–Trinajstić information content (AvgIpc) is 3.37. The predicted octanol–water partition coefficient (Wildman–Crippen LogP) is 5.97. The largest absolute Gasteiger partial charge is 0.507 e. The minimum absolute atomic E-state index is 0.0511. The van der Waals surface area contributed by atoms with E-state index in [1.54, 1.807) is 12.1 Å². The van der Waals surface area contributed by atoms with E-state index < -0.39 is 0 Å². The summed E-state index contributed by atoms with van der Waals surface area (Å²) < 4.78 is 11.8. The summed E-state index contributed by atoms with van der Waals surface area (Å²) in [6.45, 7) is 7.76. The molecule has 1 aliphatic rings. The van der Waals surface area contributed by atoms with Crippen LogP contribution in [0, 0.1) is 0 Å². The summed E-state index contributed by atoms with van der Waals surface area (Å²) >= 11 is 6.22. The topological polar surface area (TPSA) is 87.7 Å². The van der Waals surface area contributed by atoms with Crippen LogP contribution in [0.2, 0.25) is 5.02 Å². The molecule has 1 aromatic heterocycles. The monoisotopic (exact) mass is 483 g/mol. The van der Waals surface area contributed by atoms with Gasteiger partial charge in [0, 0.05) is 22.7 Å². The van der Waals surface area contributed by atoms with Gasteiger partial charge in [-0.15, -0.1) is 0 Å². The lowest BCUT2D eigenvalue weighted by atomic mass is 9.95. The first-order valence-corrected chi connectivity index (χ1v) is 12.2. The molecule has 0 bridgehead atoms. The van der Waals surface area contributed by atoms with Crippen LogP contribution in [-0.2, 0) is 0 Å². The number of benzene rings is 2. The zero-order chi connectivity index (χ0) is 24.2. The van der Waals surface area contributed by atoms with Crippen molar-refractivity contribution in [1.29, 1.82) is 0 Å². The van der Waals surface area contributed by atoms with Crippen LogP contribution in [0.25, 0.3) is 11.3 Å². The maximum atomic E-state index is 13.4. The number of H-pyrrole nitrogens is 1. The molecule has 1 aliphatic heterocycles. The third-order valence-electron chi connectivity index (χ3n) is 5.88. The Hall–Kier alpha value is -3.19. The van der Waals surface area contributed by atoms with E-state index in [0.717, 1.165) is 30.4 Å². The van der Waals surface area contributed by atoms with Gasteiger partial charge in [-0.1, -0.05) is 37.9 Å². The Kier molecular flexibility index (Phi) is 7.32. The molecule has 0 radical (unpaired) electrons. The van der Waals surface area contributed by atoms with Gasteiger partial charge in [0.1, 0.15) is 17.1 Å².